The third-order valence-corrected chi connectivity index (χ3v) is 13.6. The van der Waals surface area contributed by atoms with Crippen LogP contribution in [0, 0.1) is 17.8 Å². The zero-order chi connectivity index (χ0) is 63.9. The van der Waals surface area contributed by atoms with Crippen LogP contribution in [-0.4, -0.2) is 97.5 Å². The van der Waals surface area contributed by atoms with E-state index in [0.29, 0.717) is 41.4 Å². The number of carbonyl (C=O) groups is 6. The summed E-state index contributed by atoms with van der Waals surface area (Å²) in [7, 11) is 0. The van der Waals surface area contributed by atoms with Gasteiger partial charge < -0.3 is 54.8 Å². The maximum atomic E-state index is 11.9. The molecular weight excluding hydrogens is 1130 g/mol. The number of carboxylic acid groups (broad SMARTS) is 2. The largest absolute Gasteiger partial charge is 0.490 e. The predicted molar refractivity (Wildman–Crippen MR) is 307 cm³/mol. The molecule has 6 N–H and O–H groups in total. The Bertz CT molecular complexity index is 2470. The van der Waals surface area contributed by atoms with Crippen molar-refractivity contribution in [3.63, 3.8) is 0 Å². The Labute approximate surface area is 496 Å². The lowest BCUT2D eigenvalue weighted by molar-refractivity contribution is -0.193. The first-order valence-electron chi connectivity index (χ1n) is 28.0. The number of carbonyl (C=O) groups excluding carboxylic acids is 4. The van der Waals surface area contributed by atoms with Crippen molar-refractivity contribution in [3.8, 4) is 17.2 Å². The molecule has 0 aromatic heterocycles. The number of benzene rings is 3. The molecule has 480 valence electrons. The number of halogens is 6. The first kappa shape index (κ1) is 76.4. The van der Waals surface area contributed by atoms with Gasteiger partial charge in [0.25, 0.3) is 0 Å². The minimum atomic E-state index is -5.08. The van der Waals surface area contributed by atoms with Gasteiger partial charge >= 0.3 is 48.2 Å². The average Bonchev–Trinajstić information content (AvgIpc) is 4.48. The van der Waals surface area contributed by atoms with Gasteiger partial charge in [-0.2, -0.15) is 26.3 Å². The van der Waals surface area contributed by atoms with Crippen LogP contribution in [0.4, 0.5) is 26.3 Å². The minimum absolute atomic E-state index is 0. The van der Waals surface area contributed by atoms with E-state index in [0.717, 1.165) is 45.8 Å². The van der Waals surface area contributed by atoms with E-state index in [-0.39, 0.29) is 53.7 Å². The van der Waals surface area contributed by atoms with Gasteiger partial charge in [-0.15, -0.1) is 0 Å². The van der Waals surface area contributed by atoms with Crippen LogP contribution >= 0.6 is 0 Å². The summed E-state index contributed by atoms with van der Waals surface area (Å²) in [5.41, 5.74) is 16.9. The zero-order valence-corrected chi connectivity index (χ0v) is 50.2. The Kier molecular flexibility index (Phi) is 32.1. The first-order valence-corrected chi connectivity index (χ1v) is 28.0. The van der Waals surface area contributed by atoms with Crippen LogP contribution in [-0.2, 0) is 47.7 Å². The van der Waals surface area contributed by atoms with Crippen LogP contribution in [0.15, 0.2) is 54.6 Å². The maximum Gasteiger partial charge on any atom is 0.490 e. The first-order chi connectivity index (χ1) is 39.0. The molecule has 6 rings (SSSR count). The number of nitrogens with two attached hydrogens (primary N) is 2. The number of esters is 4. The van der Waals surface area contributed by atoms with E-state index in [1.54, 1.807) is 20.8 Å². The number of para-hydroxylation sites is 3. The molecule has 0 heterocycles. The van der Waals surface area contributed by atoms with Gasteiger partial charge in [0.1, 0.15) is 22.8 Å². The summed E-state index contributed by atoms with van der Waals surface area (Å²) in [6.07, 6.45) is -2.52. The van der Waals surface area contributed by atoms with Crippen molar-refractivity contribution in [2.24, 2.45) is 29.2 Å². The molecule has 0 amide bonds. The molecule has 3 atom stereocenters. The molecule has 3 aliphatic rings. The molecule has 3 aromatic rings. The lowest BCUT2D eigenvalue weighted by Gasteiger charge is -2.21. The molecule has 3 aromatic carbocycles. The SMILES string of the molecule is C.CC(C)c1cccc([C@H](C)C2CC2)c1OCOC(=O)CCC(=O)OC(C)(C)C.CC(C)c1cccc([C@H](C)C2CC2)c1OCOC(=O)CN.CC(C)c1cccc([C@H](C)C2CC2)c1OCOC(=O)CN.O=C(O)C(F)(F)F.O=C(O)C(F)(F)F. The fourth-order valence-corrected chi connectivity index (χ4v) is 8.46. The van der Waals surface area contributed by atoms with E-state index < -0.39 is 53.8 Å². The third kappa shape index (κ3) is 28.4. The van der Waals surface area contributed by atoms with E-state index >= 15 is 0 Å². The summed E-state index contributed by atoms with van der Waals surface area (Å²) < 4.78 is 101. The number of alkyl halides is 6. The van der Waals surface area contributed by atoms with Gasteiger partial charge in [0.05, 0.1) is 25.9 Å². The summed E-state index contributed by atoms with van der Waals surface area (Å²) in [5.74, 6) is -0.0979. The second-order valence-electron chi connectivity index (χ2n) is 22.6. The van der Waals surface area contributed by atoms with E-state index in [9.17, 15) is 45.5 Å². The molecule has 0 aliphatic heterocycles. The molecule has 3 saturated carbocycles. The number of hydrogen-bond donors (Lipinski definition) is 4. The third-order valence-electron chi connectivity index (χ3n) is 13.6. The second kappa shape index (κ2) is 35.7. The van der Waals surface area contributed by atoms with Crippen LogP contribution in [0.5, 0.6) is 17.2 Å². The van der Waals surface area contributed by atoms with Crippen LogP contribution in [0.1, 0.15) is 211 Å². The normalized spacial score (nSPS) is 14.7. The van der Waals surface area contributed by atoms with Gasteiger partial charge in [0.2, 0.25) is 20.4 Å². The highest BCUT2D eigenvalue weighted by molar-refractivity contribution is 5.78. The van der Waals surface area contributed by atoms with Crippen molar-refractivity contribution in [2.75, 3.05) is 33.5 Å². The molecule has 0 radical (unpaired) electrons. The van der Waals surface area contributed by atoms with Crippen molar-refractivity contribution < 1.29 is 98.5 Å². The molecular formula is C62H90F6N2O15. The fraction of sp³-hybridized carbons (Fsp3) is 0.613. The Morgan fingerprint density at radius 3 is 0.906 bits per heavy atom. The van der Waals surface area contributed by atoms with Crippen molar-refractivity contribution >= 4 is 35.8 Å². The van der Waals surface area contributed by atoms with Crippen LogP contribution in [0.25, 0.3) is 0 Å². The molecule has 0 bridgehead atoms. The Hall–Kier alpha value is -6.62. The maximum absolute atomic E-state index is 11.9. The van der Waals surface area contributed by atoms with Crippen molar-refractivity contribution in [1.29, 1.82) is 0 Å². The number of carboxylic acids is 2. The van der Waals surface area contributed by atoms with Gasteiger partial charge in [0.15, 0.2) is 0 Å². The molecule has 17 nitrogen and oxygen atoms in total. The average molecular weight is 1220 g/mol. The standard InChI is InChI=1S/C23H34O5.2C17H25NO3.2C2HF3O2.CH4/c1-15(2)18-8-7-9-19(16(3)17-10-11-17)22(18)27-14-26-20(24)12-13-21(25)28-23(4,5)6;2*1-11(2)14-5-4-6-15(12(3)13-7-8-13)17(14)21-10-20-16(19)9-18;2*3-2(4,5)1(6)7;/h7-9,15-17H,10-14H2,1-6H3;2*4-6,11-13H,7-10,18H2,1-3H3;2*(H,6,7);1H4/t16-;2*12-;;;/m111.../s1. The molecule has 0 unspecified atom stereocenters. The summed E-state index contributed by atoms with van der Waals surface area (Å²) in [5, 5.41) is 14.2. The van der Waals surface area contributed by atoms with Crippen LogP contribution in [0.3, 0.4) is 0 Å². The summed E-state index contributed by atoms with van der Waals surface area (Å²) >= 11 is 0. The lowest BCUT2D eigenvalue weighted by atomic mass is 9.90. The molecule has 3 aliphatic carbocycles. The molecule has 0 spiro atoms. The van der Waals surface area contributed by atoms with Gasteiger partial charge in [-0.3, -0.25) is 19.2 Å². The fourth-order valence-electron chi connectivity index (χ4n) is 8.46. The number of rotatable bonds is 23. The van der Waals surface area contributed by atoms with Gasteiger partial charge in [-0.1, -0.05) is 124 Å². The molecule has 0 saturated heterocycles. The Morgan fingerprint density at radius 1 is 0.459 bits per heavy atom. The van der Waals surface area contributed by atoms with E-state index in [2.05, 4.69) is 117 Å². The molecule has 85 heavy (non-hydrogen) atoms. The molecule has 23 heteroatoms. The number of hydrogen-bond acceptors (Lipinski definition) is 15. The van der Waals surface area contributed by atoms with E-state index in [1.165, 1.54) is 55.2 Å². The van der Waals surface area contributed by atoms with Gasteiger partial charge in [0, 0.05) is 0 Å². The Balaban J connectivity index is 0.000000574. The van der Waals surface area contributed by atoms with Crippen molar-refractivity contribution in [3.05, 3.63) is 88.0 Å². The summed E-state index contributed by atoms with van der Waals surface area (Å²) in [6.45, 7) is 24.4. The van der Waals surface area contributed by atoms with Gasteiger partial charge in [-0.25, -0.2) is 9.59 Å². The topological polar surface area (TPSA) is 260 Å². The van der Waals surface area contributed by atoms with Gasteiger partial charge in [-0.05, 0) is 146 Å². The number of ether oxygens (including phenoxy) is 7. The summed E-state index contributed by atoms with van der Waals surface area (Å²) in [6, 6.07) is 18.8. The molecule has 3 fully saturated rings. The highest BCUT2D eigenvalue weighted by Crippen LogP contribution is 2.49. The highest BCUT2D eigenvalue weighted by atomic mass is 19.4. The smallest absolute Gasteiger partial charge is 0.475 e. The van der Waals surface area contributed by atoms with E-state index in [1.807, 2.05) is 0 Å². The van der Waals surface area contributed by atoms with E-state index in [4.69, 9.17) is 64.4 Å². The van der Waals surface area contributed by atoms with Crippen molar-refractivity contribution in [2.45, 2.75) is 195 Å². The predicted octanol–water partition coefficient (Wildman–Crippen LogP) is 13.6. The van der Waals surface area contributed by atoms with Crippen LogP contribution in [0.2, 0.25) is 0 Å². The van der Waals surface area contributed by atoms with Crippen molar-refractivity contribution in [1.82, 2.24) is 0 Å². The quantitative estimate of drug-likeness (QED) is 0.0298. The monoisotopic (exact) mass is 1220 g/mol. The summed E-state index contributed by atoms with van der Waals surface area (Å²) in [4.78, 5) is 63.7. The van der Waals surface area contributed by atoms with Crippen LogP contribution < -0.4 is 25.7 Å². The minimum Gasteiger partial charge on any atom is -0.475 e. The lowest BCUT2D eigenvalue weighted by Crippen LogP contribution is -2.24. The second-order valence-corrected chi connectivity index (χ2v) is 22.6. The highest BCUT2D eigenvalue weighted by Gasteiger charge is 2.39. The number of aliphatic carboxylic acids is 2. The Morgan fingerprint density at radius 2 is 0.694 bits per heavy atom. The zero-order valence-electron chi connectivity index (χ0n) is 50.2.